The zero-order valence-corrected chi connectivity index (χ0v) is 14.1. The van der Waals surface area contributed by atoms with Crippen molar-refractivity contribution in [3.05, 3.63) is 63.5 Å². The minimum Gasteiger partial charge on any atom is -0.495 e. The quantitative estimate of drug-likeness (QED) is 0.904. The van der Waals surface area contributed by atoms with Gasteiger partial charge in [-0.05, 0) is 48.2 Å². The average Bonchev–Trinajstić information content (AvgIpc) is 2.54. The Morgan fingerprint density at radius 2 is 1.91 bits per heavy atom. The second kappa shape index (κ2) is 6.26. The summed E-state index contributed by atoms with van der Waals surface area (Å²) in [5, 5.41) is 0.437. The van der Waals surface area contributed by atoms with E-state index in [4.69, 9.17) is 16.3 Å². The van der Waals surface area contributed by atoms with Gasteiger partial charge in [0.05, 0.1) is 17.7 Å². The summed E-state index contributed by atoms with van der Waals surface area (Å²) in [5.74, 6) is 0.426. The van der Waals surface area contributed by atoms with Gasteiger partial charge in [-0.15, -0.1) is 0 Å². The van der Waals surface area contributed by atoms with Crippen molar-refractivity contribution < 1.29 is 13.2 Å². The van der Waals surface area contributed by atoms with Crippen molar-refractivity contribution in [1.82, 2.24) is 0 Å². The molecule has 6 heteroatoms. The lowest BCUT2D eigenvalue weighted by molar-refractivity contribution is 0.417. The van der Waals surface area contributed by atoms with Crippen LogP contribution < -0.4 is 9.46 Å². The SMILES string of the molecule is COc1ccc(Cl)cc1NS(=O)(=O)C1=Cc2ccccc2CC1. The minimum absolute atomic E-state index is 0.333. The van der Waals surface area contributed by atoms with E-state index in [0.29, 0.717) is 34.2 Å². The highest BCUT2D eigenvalue weighted by Crippen LogP contribution is 2.32. The van der Waals surface area contributed by atoms with Gasteiger partial charge in [0.25, 0.3) is 10.0 Å². The van der Waals surface area contributed by atoms with E-state index >= 15 is 0 Å². The minimum atomic E-state index is -3.66. The van der Waals surface area contributed by atoms with Crippen LogP contribution >= 0.6 is 11.6 Å². The van der Waals surface area contributed by atoms with Gasteiger partial charge in [0, 0.05) is 5.02 Å². The van der Waals surface area contributed by atoms with Crippen LogP contribution in [0.3, 0.4) is 0 Å². The van der Waals surface area contributed by atoms with E-state index in [1.807, 2.05) is 24.3 Å². The smallest absolute Gasteiger partial charge is 0.258 e. The molecule has 0 aliphatic heterocycles. The molecular formula is C17H16ClNO3S. The van der Waals surface area contributed by atoms with Crippen LogP contribution in [0.2, 0.25) is 5.02 Å². The van der Waals surface area contributed by atoms with Crippen molar-refractivity contribution in [3.8, 4) is 5.75 Å². The number of halogens is 1. The number of hydrogen-bond donors (Lipinski definition) is 1. The molecule has 0 heterocycles. The zero-order valence-electron chi connectivity index (χ0n) is 12.5. The van der Waals surface area contributed by atoms with Crippen LogP contribution in [0.15, 0.2) is 47.4 Å². The highest BCUT2D eigenvalue weighted by Gasteiger charge is 2.23. The molecule has 0 bridgehead atoms. The van der Waals surface area contributed by atoms with Crippen molar-refractivity contribution in [2.45, 2.75) is 12.8 Å². The Labute approximate surface area is 140 Å². The van der Waals surface area contributed by atoms with Gasteiger partial charge < -0.3 is 4.74 Å². The molecule has 1 N–H and O–H groups in total. The lowest BCUT2D eigenvalue weighted by atomic mass is 9.98. The van der Waals surface area contributed by atoms with E-state index in [9.17, 15) is 8.42 Å². The number of hydrogen-bond acceptors (Lipinski definition) is 3. The Hall–Kier alpha value is -1.98. The lowest BCUT2D eigenvalue weighted by Crippen LogP contribution is -2.18. The second-order valence-electron chi connectivity index (χ2n) is 5.26. The molecule has 120 valence electrons. The molecule has 3 rings (SSSR count). The summed E-state index contributed by atoms with van der Waals surface area (Å²) in [5.41, 5.74) is 2.43. The Balaban J connectivity index is 1.95. The van der Waals surface area contributed by atoms with Gasteiger partial charge in [-0.1, -0.05) is 35.9 Å². The summed E-state index contributed by atoms with van der Waals surface area (Å²) in [4.78, 5) is 0.359. The van der Waals surface area contributed by atoms with E-state index in [1.165, 1.54) is 13.2 Å². The van der Waals surface area contributed by atoms with Gasteiger partial charge in [-0.3, -0.25) is 4.72 Å². The molecule has 1 aliphatic carbocycles. The summed E-state index contributed by atoms with van der Waals surface area (Å²) in [7, 11) is -2.17. The maximum atomic E-state index is 12.7. The molecule has 2 aromatic rings. The van der Waals surface area contributed by atoms with E-state index < -0.39 is 10.0 Å². The highest BCUT2D eigenvalue weighted by molar-refractivity contribution is 7.96. The molecule has 0 saturated heterocycles. The normalized spacial score (nSPS) is 13.9. The first-order valence-electron chi connectivity index (χ1n) is 7.14. The molecule has 4 nitrogen and oxygen atoms in total. The molecular weight excluding hydrogens is 334 g/mol. The fourth-order valence-corrected chi connectivity index (χ4v) is 3.99. The van der Waals surface area contributed by atoms with Crippen molar-refractivity contribution in [2.75, 3.05) is 11.8 Å². The zero-order chi connectivity index (χ0) is 16.4. The van der Waals surface area contributed by atoms with Gasteiger partial charge in [0.2, 0.25) is 0 Å². The Morgan fingerprint density at radius 3 is 2.70 bits per heavy atom. The maximum Gasteiger partial charge on any atom is 0.258 e. The largest absolute Gasteiger partial charge is 0.495 e. The van der Waals surface area contributed by atoms with Gasteiger partial charge in [0.15, 0.2) is 0 Å². The summed E-state index contributed by atoms with van der Waals surface area (Å²) in [6, 6.07) is 12.6. The van der Waals surface area contributed by atoms with Crippen LogP contribution in [0, 0.1) is 0 Å². The maximum absolute atomic E-state index is 12.7. The van der Waals surface area contributed by atoms with Crippen LogP contribution in [-0.2, 0) is 16.4 Å². The number of aryl methyl sites for hydroxylation is 1. The topological polar surface area (TPSA) is 55.4 Å². The van der Waals surface area contributed by atoms with Crippen molar-refractivity contribution in [1.29, 1.82) is 0 Å². The molecule has 0 radical (unpaired) electrons. The first-order valence-corrected chi connectivity index (χ1v) is 9.00. The van der Waals surface area contributed by atoms with E-state index in [1.54, 1.807) is 18.2 Å². The number of fused-ring (bicyclic) bond motifs is 1. The molecule has 0 amide bonds. The summed E-state index contributed by atoms with van der Waals surface area (Å²) in [6.45, 7) is 0. The molecule has 23 heavy (non-hydrogen) atoms. The number of nitrogens with one attached hydrogen (secondary N) is 1. The van der Waals surface area contributed by atoms with E-state index in [2.05, 4.69) is 4.72 Å². The van der Waals surface area contributed by atoms with Gasteiger partial charge >= 0.3 is 0 Å². The third kappa shape index (κ3) is 3.35. The van der Waals surface area contributed by atoms with Crippen molar-refractivity contribution in [2.24, 2.45) is 0 Å². The average molecular weight is 350 g/mol. The van der Waals surface area contributed by atoms with E-state index in [0.717, 1.165) is 11.1 Å². The highest BCUT2D eigenvalue weighted by atomic mass is 35.5. The number of sulfonamides is 1. The second-order valence-corrected chi connectivity index (χ2v) is 7.43. The van der Waals surface area contributed by atoms with Gasteiger partial charge in [0.1, 0.15) is 5.75 Å². The fraction of sp³-hybridized carbons (Fsp3) is 0.176. The van der Waals surface area contributed by atoms with Crippen LogP contribution in [0.25, 0.3) is 6.08 Å². The van der Waals surface area contributed by atoms with Crippen LogP contribution in [0.1, 0.15) is 17.5 Å². The Kier molecular flexibility index (Phi) is 4.33. The third-order valence-electron chi connectivity index (χ3n) is 3.76. The van der Waals surface area contributed by atoms with Crippen molar-refractivity contribution in [3.63, 3.8) is 0 Å². The molecule has 0 spiro atoms. The Bertz CT molecular complexity index is 875. The monoisotopic (exact) mass is 349 g/mol. The number of benzene rings is 2. The number of ether oxygens (including phenoxy) is 1. The number of anilines is 1. The standard InChI is InChI=1S/C17H16ClNO3S/c1-22-17-9-7-14(18)11-16(17)19-23(20,21)15-8-6-12-4-2-3-5-13(12)10-15/h2-5,7,9-11,19H,6,8H2,1H3. The van der Waals surface area contributed by atoms with E-state index in [-0.39, 0.29) is 0 Å². The summed E-state index contributed by atoms with van der Waals surface area (Å²) >= 11 is 5.95. The molecule has 0 atom stereocenters. The third-order valence-corrected chi connectivity index (χ3v) is 5.50. The van der Waals surface area contributed by atoms with Gasteiger partial charge in [-0.25, -0.2) is 8.42 Å². The molecule has 0 aromatic heterocycles. The molecule has 1 aliphatic rings. The summed E-state index contributed by atoms with van der Waals surface area (Å²) < 4.78 is 33.1. The van der Waals surface area contributed by atoms with Crippen LogP contribution in [0.5, 0.6) is 5.75 Å². The molecule has 0 unspecified atom stereocenters. The van der Waals surface area contributed by atoms with Crippen LogP contribution in [-0.4, -0.2) is 15.5 Å². The molecule has 0 saturated carbocycles. The predicted molar refractivity (Wildman–Crippen MR) is 93.3 cm³/mol. The Morgan fingerprint density at radius 1 is 1.13 bits per heavy atom. The lowest BCUT2D eigenvalue weighted by Gasteiger charge is -2.18. The van der Waals surface area contributed by atoms with Gasteiger partial charge in [-0.2, -0.15) is 0 Å². The molecule has 0 fully saturated rings. The number of methoxy groups -OCH3 is 1. The number of rotatable bonds is 4. The van der Waals surface area contributed by atoms with Crippen LogP contribution in [0.4, 0.5) is 5.69 Å². The van der Waals surface area contributed by atoms with Crippen molar-refractivity contribution >= 4 is 33.4 Å². The first-order chi connectivity index (χ1) is 11.0. The summed E-state index contributed by atoms with van der Waals surface area (Å²) in [6.07, 6.45) is 2.89. The number of allylic oxidation sites excluding steroid dienone is 1. The molecule has 2 aromatic carbocycles. The fourth-order valence-electron chi connectivity index (χ4n) is 2.59. The first kappa shape index (κ1) is 15.9. The predicted octanol–water partition coefficient (Wildman–Crippen LogP) is 4.08.